The second kappa shape index (κ2) is 18.7. The van der Waals surface area contributed by atoms with Crippen LogP contribution in [0, 0.1) is 6.92 Å². The van der Waals surface area contributed by atoms with Crippen LogP contribution in [0.15, 0.2) is 182 Å². The lowest BCUT2D eigenvalue weighted by Gasteiger charge is -2.45. The Bertz CT molecular complexity index is 3700. The molecule has 9 aromatic carbocycles. The second-order valence-corrected chi connectivity index (χ2v) is 26.2. The summed E-state index contributed by atoms with van der Waals surface area (Å²) in [6, 6.07) is 69.6. The van der Waals surface area contributed by atoms with Crippen molar-refractivity contribution in [2.45, 2.75) is 112 Å². The maximum absolute atomic E-state index is 6.52. The number of rotatable bonds is 6. The normalized spacial score (nSPS) is 14.0. The van der Waals surface area contributed by atoms with Gasteiger partial charge in [0.2, 0.25) is 0 Å². The van der Waals surface area contributed by atoms with Gasteiger partial charge >= 0.3 is 0 Å². The molecule has 0 radical (unpaired) electrons. The minimum Gasteiger partial charge on any atom is -0.486 e. The largest absolute Gasteiger partial charge is 0.486 e. The molecule has 0 saturated carbocycles. The zero-order valence-electron chi connectivity index (χ0n) is 48.0. The Morgan fingerprint density at radius 2 is 0.808 bits per heavy atom. The number of benzene rings is 9. The van der Waals surface area contributed by atoms with Crippen LogP contribution in [0.3, 0.4) is 0 Å². The van der Waals surface area contributed by atoms with Gasteiger partial charge in [-0.15, -0.1) is 0 Å². The molecule has 390 valence electrons. The third-order valence-electron chi connectivity index (χ3n) is 16.5. The molecule has 5 heteroatoms. The quantitative estimate of drug-likeness (QED) is 0.155. The minimum atomic E-state index is -0.132. The standard InChI is InChI=1S/C73H73BN2O2/c1-46-37-65-69-66(38-46)76(62-34-32-57(73(11,12)13)43-59(62)50-17-15-14-16-18-50)64-45-68-67(77-35-36-78-68)44-61(64)74(69)60-33-25-51(47-19-26-54(27-20-47)70(2,3)4)42-63(60)75(65)58-40-52(48-21-28-55(29-22-48)71(5,6)7)39-53(41-58)49-23-30-56(31-24-49)72(8,9)10/h14-34,37-45H,35-36H2,1-13H3. The van der Waals surface area contributed by atoms with Gasteiger partial charge in [-0.05, 0) is 166 Å². The van der Waals surface area contributed by atoms with Gasteiger partial charge in [0, 0.05) is 40.1 Å². The molecule has 0 aliphatic carbocycles. The summed E-state index contributed by atoms with van der Waals surface area (Å²) in [5, 5.41) is 0. The first-order chi connectivity index (χ1) is 37.1. The van der Waals surface area contributed by atoms with Gasteiger partial charge in [0.25, 0.3) is 6.71 Å². The van der Waals surface area contributed by atoms with Crippen LogP contribution in [0.2, 0.25) is 0 Å². The number of aryl methyl sites for hydroxylation is 1. The highest BCUT2D eigenvalue weighted by atomic mass is 16.6. The van der Waals surface area contributed by atoms with Crippen molar-refractivity contribution in [2.24, 2.45) is 0 Å². The Balaban J connectivity index is 1.16. The lowest BCUT2D eigenvalue weighted by atomic mass is 9.33. The molecule has 0 saturated heterocycles. The molecule has 0 unspecified atom stereocenters. The Kier molecular flexibility index (Phi) is 12.2. The number of anilines is 6. The summed E-state index contributed by atoms with van der Waals surface area (Å²) in [6.07, 6.45) is 0. The summed E-state index contributed by atoms with van der Waals surface area (Å²) in [4.78, 5) is 5.13. The van der Waals surface area contributed by atoms with Crippen molar-refractivity contribution >= 4 is 57.2 Å². The molecule has 0 amide bonds. The Labute approximate surface area is 464 Å². The van der Waals surface area contributed by atoms with E-state index < -0.39 is 0 Å². The summed E-state index contributed by atoms with van der Waals surface area (Å²) in [6.45, 7) is 30.6. The molecule has 3 aliphatic rings. The van der Waals surface area contributed by atoms with Crippen molar-refractivity contribution in [1.29, 1.82) is 0 Å². The van der Waals surface area contributed by atoms with E-state index in [4.69, 9.17) is 9.47 Å². The first kappa shape index (κ1) is 51.0. The van der Waals surface area contributed by atoms with Crippen LogP contribution >= 0.6 is 0 Å². The highest BCUT2D eigenvalue weighted by molar-refractivity contribution is 7.00. The van der Waals surface area contributed by atoms with E-state index in [1.54, 1.807) is 0 Å². The van der Waals surface area contributed by atoms with Crippen LogP contribution in [-0.2, 0) is 21.7 Å². The summed E-state index contributed by atoms with van der Waals surface area (Å²) < 4.78 is 13.0. The molecular formula is C73H73BN2O2. The lowest BCUT2D eigenvalue weighted by molar-refractivity contribution is 0.172. The predicted molar refractivity (Wildman–Crippen MR) is 333 cm³/mol. The average Bonchev–Trinajstić information content (AvgIpc) is 2.76. The molecule has 12 rings (SSSR count). The molecule has 4 nitrogen and oxygen atoms in total. The van der Waals surface area contributed by atoms with Gasteiger partial charge in [-0.1, -0.05) is 204 Å². The van der Waals surface area contributed by atoms with E-state index in [0.717, 1.165) is 45.6 Å². The molecule has 3 heterocycles. The monoisotopic (exact) mass is 1020 g/mol. The minimum absolute atomic E-state index is 0.0326. The molecule has 0 atom stereocenters. The van der Waals surface area contributed by atoms with E-state index in [1.807, 2.05) is 0 Å². The van der Waals surface area contributed by atoms with Crippen molar-refractivity contribution in [2.75, 3.05) is 23.0 Å². The van der Waals surface area contributed by atoms with Gasteiger partial charge in [0.1, 0.15) is 13.2 Å². The maximum Gasteiger partial charge on any atom is 0.252 e. The van der Waals surface area contributed by atoms with E-state index in [0.29, 0.717) is 13.2 Å². The number of nitrogens with zero attached hydrogens (tertiary/aromatic N) is 2. The maximum atomic E-state index is 6.52. The van der Waals surface area contributed by atoms with Crippen molar-refractivity contribution in [3.8, 4) is 56.0 Å². The third kappa shape index (κ3) is 9.19. The number of fused-ring (bicyclic) bond motifs is 5. The lowest BCUT2D eigenvalue weighted by Crippen LogP contribution is -2.61. The van der Waals surface area contributed by atoms with Crippen LogP contribution in [0.4, 0.5) is 34.1 Å². The fourth-order valence-corrected chi connectivity index (χ4v) is 12.0. The number of ether oxygens (including phenoxy) is 2. The summed E-state index contributed by atoms with van der Waals surface area (Å²) in [5.41, 5.74) is 26.4. The molecule has 0 aromatic heterocycles. The van der Waals surface area contributed by atoms with E-state index in [1.165, 1.54) is 88.7 Å². The Hall–Kier alpha value is -7.76. The molecular weight excluding hydrogens is 948 g/mol. The van der Waals surface area contributed by atoms with Crippen LogP contribution in [-0.4, -0.2) is 19.9 Å². The van der Waals surface area contributed by atoms with Gasteiger partial charge in [-0.2, -0.15) is 0 Å². The molecule has 3 aliphatic heterocycles. The van der Waals surface area contributed by atoms with Crippen LogP contribution in [0.5, 0.6) is 11.5 Å². The molecule has 0 spiro atoms. The first-order valence-electron chi connectivity index (χ1n) is 28.1. The summed E-state index contributed by atoms with van der Waals surface area (Å²) >= 11 is 0. The van der Waals surface area contributed by atoms with Crippen LogP contribution < -0.4 is 35.7 Å². The SMILES string of the molecule is Cc1cc2c3c(c1)N(c1ccc(C(C)(C)C)cc1-c1ccccc1)c1cc4c(cc1B3c1ccc(-c3ccc(C(C)(C)C)cc3)cc1N2c1cc(-c2ccc(C(C)(C)C)cc2)cc(-c2ccc(C(C)(C)C)cc2)c1)OCCO4. The molecule has 0 N–H and O–H groups in total. The fourth-order valence-electron chi connectivity index (χ4n) is 12.0. The highest BCUT2D eigenvalue weighted by Gasteiger charge is 2.45. The molecule has 78 heavy (non-hydrogen) atoms. The molecule has 0 bridgehead atoms. The highest BCUT2D eigenvalue weighted by Crippen LogP contribution is 2.51. The molecule has 0 fully saturated rings. The topological polar surface area (TPSA) is 24.9 Å². The van der Waals surface area contributed by atoms with Crippen LogP contribution in [0.25, 0.3) is 44.5 Å². The predicted octanol–water partition coefficient (Wildman–Crippen LogP) is 17.7. The van der Waals surface area contributed by atoms with Gasteiger partial charge in [0.15, 0.2) is 11.5 Å². The number of hydrogen-bond donors (Lipinski definition) is 0. The smallest absolute Gasteiger partial charge is 0.252 e. The second-order valence-electron chi connectivity index (χ2n) is 26.2. The van der Waals surface area contributed by atoms with Gasteiger partial charge in [-0.3, -0.25) is 0 Å². The fraction of sp³-hybridized carbons (Fsp3) is 0.260. The van der Waals surface area contributed by atoms with E-state index >= 15 is 0 Å². The Morgan fingerprint density at radius 3 is 1.33 bits per heavy atom. The van der Waals surface area contributed by atoms with Gasteiger partial charge < -0.3 is 19.3 Å². The van der Waals surface area contributed by atoms with Crippen molar-refractivity contribution in [3.63, 3.8) is 0 Å². The van der Waals surface area contributed by atoms with Gasteiger partial charge in [0.05, 0.1) is 5.69 Å². The third-order valence-corrected chi connectivity index (χ3v) is 16.5. The van der Waals surface area contributed by atoms with E-state index in [-0.39, 0.29) is 28.4 Å². The van der Waals surface area contributed by atoms with Crippen molar-refractivity contribution in [3.05, 3.63) is 210 Å². The molecule has 9 aromatic rings. The van der Waals surface area contributed by atoms with E-state index in [2.05, 4.69) is 282 Å². The summed E-state index contributed by atoms with van der Waals surface area (Å²) in [7, 11) is 0. The van der Waals surface area contributed by atoms with Crippen LogP contribution in [0.1, 0.15) is 111 Å². The van der Waals surface area contributed by atoms with Crippen molar-refractivity contribution < 1.29 is 9.47 Å². The Morgan fingerprint density at radius 1 is 0.346 bits per heavy atom. The average molecular weight is 1020 g/mol. The zero-order chi connectivity index (χ0) is 54.6. The first-order valence-corrected chi connectivity index (χ1v) is 28.1. The zero-order valence-corrected chi connectivity index (χ0v) is 48.0. The van der Waals surface area contributed by atoms with E-state index in [9.17, 15) is 0 Å². The van der Waals surface area contributed by atoms with Crippen molar-refractivity contribution in [1.82, 2.24) is 0 Å². The van der Waals surface area contributed by atoms with Gasteiger partial charge in [-0.25, -0.2) is 0 Å². The summed E-state index contributed by atoms with van der Waals surface area (Å²) in [5.74, 6) is 1.56. The number of hydrogen-bond acceptors (Lipinski definition) is 4.